The Kier molecular flexibility index (Phi) is 8.62. The van der Waals surface area contributed by atoms with Gasteiger partial charge in [-0.05, 0) is 66.6 Å². The number of hydrogen-bond donors (Lipinski definition) is 1. The van der Waals surface area contributed by atoms with E-state index < -0.39 is 10.9 Å². The van der Waals surface area contributed by atoms with Crippen LogP contribution < -0.4 is 0 Å². The number of nitro benzene ring substituents is 1. The van der Waals surface area contributed by atoms with Crippen LogP contribution in [0.4, 0.5) is 17.2 Å². The predicted octanol–water partition coefficient (Wildman–Crippen LogP) is 7.15. The molecule has 9 heteroatoms. The number of aromatic carboxylic acids is 1. The lowest BCUT2D eigenvalue weighted by Crippen LogP contribution is -2.00. The third kappa shape index (κ3) is 6.71. The molecule has 0 saturated heterocycles. The summed E-state index contributed by atoms with van der Waals surface area (Å²) >= 11 is 0. The summed E-state index contributed by atoms with van der Waals surface area (Å²) in [4.78, 5) is 21.5. The van der Waals surface area contributed by atoms with Gasteiger partial charge in [-0.25, -0.2) is 4.79 Å². The average molecular weight is 472 g/mol. The standard InChI is InChI=1S/C26H25N5O4/c1-2-3-4-5-16-30-24(17-21(18-27)19-8-12-23(13-9-19)31(34)35)14-15-25(30)29-28-22-10-6-20(7-11-22)26(32)33/h6-15,17H,2-5,16H2,1H3,(H,32,33)/b21-17+,29-28?. The number of rotatable bonds is 11. The van der Waals surface area contributed by atoms with Crippen molar-refractivity contribution in [3.8, 4) is 6.07 Å². The van der Waals surface area contributed by atoms with Crippen LogP contribution in [-0.4, -0.2) is 20.6 Å². The summed E-state index contributed by atoms with van der Waals surface area (Å²) in [5.41, 5.74) is 2.38. The van der Waals surface area contributed by atoms with Gasteiger partial charge in [-0.3, -0.25) is 10.1 Å². The van der Waals surface area contributed by atoms with Crippen molar-refractivity contribution in [3.05, 3.63) is 87.6 Å². The fourth-order valence-electron chi connectivity index (χ4n) is 3.50. The number of benzene rings is 2. The molecule has 0 saturated carbocycles. The van der Waals surface area contributed by atoms with Crippen LogP contribution in [0.5, 0.6) is 0 Å². The maximum Gasteiger partial charge on any atom is 0.335 e. The molecule has 9 nitrogen and oxygen atoms in total. The van der Waals surface area contributed by atoms with E-state index in [1.807, 2.05) is 16.7 Å². The van der Waals surface area contributed by atoms with E-state index in [1.165, 1.54) is 24.3 Å². The topological polar surface area (TPSA) is 134 Å². The van der Waals surface area contributed by atoms with Crippen molar-refractivity contribution in [2.45, 2.75) is 39.2 Å². The van der Waals surface area contributed by atoms with Gasteiger partial charge in [-0.1, -0.05) is 26.2 Å². The SMILES string of the molecule is CCCCCCn1c(/C=C(\C#N)c2ccc([N+](=O)[O-])cc2)ccc1N=Nc1ccc(C(=O)O)cc1. The van der Waals surface area contributed by atoms with Crippen LogP contribution in [0, 0.1) is 21.4 Å². The van der Waals surface area contributed by atoms with Crippen LogP contribution >= 0.6 is 0 Å². The number of nitro groups is 1. The summed E-state index contributed by atoms with van der Waals surface area (Å²) in [5, 5.41) is 38.3. The summed E-state index contributed by atoms with van der Waals surface area (Å²) in [6.45, 7) is 2.83. The van der Waals surface area contributed by atoms with Gasteiger partial charge in [0.25, 0.3) is 5.69 Å². The van der Waals surface area contributed by atoms with Crippen LogP contribution in [-0.2, 0) is 6.54 Å². The first-order valence-electron chi connectivity index (χ1n) is 11.2. The van der Waals surface area contributed by atoms with Crippen molar-refractivity contribution < 1.29 is 14.8 Å². The van der Waals surface area contributed by atoms with E-state index in [2.05, 4.69) is 23.2 Å². The van der Waals surface area contributed by atoms with E-state index in [1.54, 1.807) is 30.3 Å². The Hall–Kier alpha value is -4.58. The van der Waals surface area contributed by atoms with E-state index in [0.717, 1.165) is 31.4 Å². The summed E-state index contributed by atoms with van der Waals surface area (Å²) < 4.78 is 1.98. The number of nitrogens with zero attached hydrogens (tertiary/aromatic N) is 5. The number of unbranched alkanes of at least 4 members (excludes halogenated alkanes) is 3. The van der Waals surface area contributed by atoms with Crippen LogP contribution in [0.3, 0.4) is 0 Å². The van der Waals surface area contributed by atoms with E-state index in [4.69, 9.17) is 5.11 Å². The predicted molar refractivity (Wildman–Crippen MR) is 133 cm³/mol. The maximum atomic E-state index is 11.0. The van der Waals surface area contributed by atoms with Crippen molar-refractivity contribution in [2.24, 2.45) is 10.2 Å². The minimum absolute atomic E-state index is 0.0376. The zero-order valence-electron chi connectivity index (χ0n) is 19.3. The Morgan fingerprint density at radius 1 is 1.03 bits per heavy atom. The highest BCUT2D eigenvalue weighted by Gasteiger charge is 2.11. The molecular formula is C26H25N5O4. The van der Waals surface area contributed by atoms with Crippen molar-refractivity contribution in [1.82, 2.24) is 4.57 Å². The van der Waals surface area contributed by atoms with Gasteiger partial charge in [0.2, 0.25) is 0 Å². The second-order valence-corrected chi connectivity index (χ2v) is 7.85. The number of hydrogen-bond acceptors (Lipinski definition) is 6. The minimum Gasteiger partial charge on any atom is -0.478 e. The molecule has 0 unspecified atom stereocenters. The summed E-state index contributed by atoms with van der Waals surface area (Å²) in [7, 11) is 0. The summed E-state index contributed by atoms with van der Waals surface area (Å²) in [5.74, 6) is -0.400. The molecule has 178 valence electrons. The number of carboxylic acids is 1. The monoisotopic (exact) mass is 471 g/mol. The number of azo groups is 1. The number of carbonyl (C=O) groups is 1. The molecule has 0 aliphatic carbocycles. The molecule has 35 heavy (non-hydrogen) atoms. The van der Waals surface area contributed by atoms with E-state index >= 15 is 0 Å². The van der Waals surface area contributed by atoms with Crippen molar-refractivity contribution in [1.29, 1.82) is 5.26 Å². The van der Waals surface area contributed by atoms with Gasteiger partial charge in [-0.2, -0.15) is 5.26 Å². The lowest BCUT2D eigenvalue weighted by Gasteiger charge is -2.09. The molecule has 3 aromatic rings. The van der Waals surface area contributed by atoms with Crippen molar-refractivity contribution in [2.75, 3.05) is 0 Å². The number of carboxylic acid groups (broad SMARTS) is 1. The van der Waals surface area contributed by atoms with Crippen molar-refractivity contribution in [3.63, 3.8) is 0 Å². The van der Waals surface area contributed by atoms with Gasteiger partial charge in [0.1, 0.15) is 0 Å². The van der Waals surface area contributed by atoms with E-state index in [0.29, 0.717) is 29.2 Å². The third-order valence-electron chi connectivity index (χ3n) is 5.41. The van der Waals surface area contributed by atoms with Gasteiger partial charge < -0.3 is 9.67 Å². The Labute approximate surface area is 202 Å². The molecule has 0 aliphatic heterocycles. The molecule has 0 atom stereocenters. The Balaban J connectivity index is 1.92. The van der Waals surface area contributed by atoms with Gasteiger partial charge >= 0.3 is 5.97 Å². The van der Waals surface area contributed by atoms with E-state index in [-0.39, 0.29) is 11.3 Å². The fourth-order valence-corrected chi connectivity index (χ4v) is 3.50. The largest absolute Gasteiger partial charge is 0.478 e. The average Bonchev–Trinajstić information content (AvgIpc) is 3.25. The highest BCUT2D eigenvalue weighted by molar-refractivity contribution is 5.89. The minimum atomic E-state index is -1.01. The Morgan fingerprint density at radius 3 is 2.31 bits per heavy atom. The normalized spacial score (nSPS) is 11.5. The maximum absolute atomic E-state index is 11.0. The first-order valence-corrected chi connectivity index (χ1v) is 11.2. The molecule has 3 rings (SSSR count). The molecule has 0 aliphatic rings. The molecular weight excluding hydrogens is 446 g/mol. The molecule has 0 amide bonds. The molecule has 0 spiro atoms. The van der Waals surface area contributed by atoms with Crippen LogP contribution in [0.15, 0.2) is 70.9 Å². The van der Waals surface area contributed by atoms with Gasteiger partial charge in [0.15, 0.2) is 5.82 Å². The first kappa shape index (κ1) is 25.1. The molecule has 2 aromatic carbocycles. The van der Waals surface area contributed by atoms with E-state index in [9.17, 15) is 20.2 Å². The fraction of sp³-hybridized carbons (Fsp3) is 0.231. The molecule has 1 N–H and O–H groups in total. The molecule has 1 aromatic heterocycles. The van der Waals surface area contributed by atoms with Gasteiger partial charge in [0.05, 0.1) is 27.8 Å². The number of non-ortho nitro benzene ring substituents is 1. The van der Waals surface area contributed by atoms with Crippen LogP contribution in [0.2, 0.25) is 0 Å². The second kappa shape index (κ2) is 12.0. The summed E-state index contributed by atoms with van der Waals surface area (Å²) in [6, 6.07) is 17.8. The lowest BCUT2D eigenvalue weighted by atomic mass is 10.1. The Morgan fingerprint density at radius 2 is 1.71 bits per heavy atom. The van der Waals surface area contributed by atoms with Crippen LogP contribution in [0.25, 0.3) is 11.6 Å². The van der Waals surface area contributed by atoms with Crippen molar-refractivity contribution >= 4 is 34.8 Å². The highest BCUT2D eigenvalue weighted by Crippen LogP contribution is 2.27. The molecule has 0 radical (unpaired) electrons. The Bertz CT molecular complexity index is 1280. The number of aromatic nitrogens is 1. The second-order valence-electron chi connectivity index (χ2n) is 7.85. The number of nitriles is 1. The quantitative estimate of drug-likeness (QED) is 0.104. The summed E-state index contributed by atoms with van der Waals surface area (Å²) in [6.07, 6.45) is 5.94. The zero-order chi connectivity index (χ0) is 25.2. The number of allylic oxidation sites excluding steroid dienone is 1. The van der Waals surface area contributed by atoms with Gasteiger partial charge in [-0.15, -0.1) is 10.2 Å². The smallest absolute Gasteiger partial charge is 0.335 e. The molecule has 0 fully saturated rings. The molecule has 1 heterocycles. The van der Waals surface area contributed by atoms with Gasteiger partial charge in [0, 0.05) is 24.4 Å². The van der Waals surface area contributed by atoms with Crippen LogP contribution in [0.1, 0.15) is 54.2 Å². The first-order chi connectivity index (χ1) is 16.9. The molecule has 0 bridgehead atoms. The lowest BCUT2D eigenvalue weighted by molar-refractivity contribution is -0.384. The highest BCUT2D eigenvalue weighted by atomic mass is 16.6. The third-order valence-corrected chi connectivity index (χ3v) is 5.41. The zero-order valence-corrected chi connectivity index (χ0v) is 19.3.